The third-order valence-electron chi connectivity index (χ3n) is 2.15. The first kappa shape index (κ1) is 12.8. The smallest absolute Gasteiger partial charge is 0.337 e. The van der Waals surface area contributed by atoms with Crippen LogP contribution in [-0.4, -0.2) is 30.2 Å². The zero-order chi connectivity index (χ0) is 12.8. The van der Waals surface area contributed by atoms with E-state index in [-0.39, 0.29) is 5.56 Å². The number of carbonyl (C=O) groups excluding carboxylic acids is 1. The summed E-state index contributed by atoms with van der Waals surface area (Å²) in [5, 5.41) is 14.3. The number of urea groups is 1. The van der Waals surface area contributed by atoms with Gasteiger partial charge in [-0.3, -0.25) is 0 Å². The molecule has 0 atom stereocenters. The average molecular weight is 237 g/mol. The number of benzene rings is 1. The van der Waals surface area contributed by atoms with Gasteiger partial charge in [0, 0.05) is 18.8 Å². The van der Waals surface area contributed by atoms with Crippen molar-refractivity contribution < 1.29 is 14.7 Å². The molecule has 5 N–H and O–H groups in total. The number of anilines is 1. The van der Waals surface area contributed by atoms with E-state index in [4.69, 9.17) is 10.8 Å². The molecule has 1 rings (SSSR count). The number of amides is 2. The van der Waals surface area contributed by atoms with Gasteiger partial charge in [-0.15, -0.1) is 0 Å². The average Bonchev–Trinajstić information content (AvgIpc) is 2.23. The summed E-state index contributed by atoms with van der Waals surface area (Å²) >= 11 is 0. The Morgan fingerprint density at radius 2 is 2.06 bits per heavy atom. The third kappa shape index (κ3) is 4.02. The second-order valence-electron chi connectivity index (χ2n) is 3.57. The van der Waals surface area contributed by atoms with Crippen LogP contribution < -0.4 is 16.4 Å². The van der Waals surface area contributed by atoms with Crippen molar-refractivity contribution in [1.82, 2.24) is 5.32 Å². The third-order valence-corrected chi connectivity index (χ3v) is 2.15. The molecule has 0 saturated heterocycles. The standard InChI is InChI=1S/C11H15N3O3/c1-7-2-3-8(10(15)16)9(6-7)13-4-5-14-11(12)17/h2-3,6,13H,4-5H2,1H3,(H,15,16)(H3,12,14,17). The van der Waals surface area contributed by atoms with Crippen LogP contribution in [0.5, 0.6) is 0 Å². The Labute approximate surface area is 98.8 Å². The highest BCUT2D eigenvalue weighted by atomic mass is 16.4. The monoisotopic (exact) mass is 237 g/mol. The normalized spacial score (nSPS) is 9.71. The second-order valence-corrected chi connectivity index (χ2v) is 3.57. The summed E-state index contributed by atoms with van der Waals surface area (Å²) in [6.07, 6.45) is 0. The van der Waals surface area contributed by atoms with Crippen molar-refractivity contribution in [3.05, 3.63) is 29.3 Å². The molecule has 2 amide bonds. The van der Waals surface area contributed by atoms with E-state index in [2.05, 4.69) is 10.6 Å². The predicted molar refractivity (Wildman–Crippen MR) is 64.2 cm³/mol. The lowest BCUT2D eigenvalue weighted by molar-refractivity contribution is 0.0698. The Morgan fingerprint density at radius 3 is 2.65 bits per heavy atom. The predicted octanol–water partition coefficient (Wildman–Crippen LogP) is 0.773. The maximum atomic E-state index is 10.9. The number of carbonyl (C=O) groups is 2. The van der Waals surface area contributed by atoms with Gasteiger partial charge in [0.15, 0.2) is 0 Å². The summed E-state index contributed by atoms with van der Waals surface area (Å²) in [6.45, 7) is 2.62. The van der Waals surface area contributed by atoms with Crippen molar-refractivity contribution in [2.24, 2.45) is 5.73 Å². The molecular weight excluding hydrogens is 222 g/mol. The zero-order valence-corrected chi connectivity index (χ0v) is 9.49. The molecule has 0 spiro atoms. The Balaban J connectivity index is 2.65. The topological polar surface area (TPSA) is 104 Å². The van der Waals surface area contributed by atoms with Gasteiger partial charge in [-0.2, -0.15) is 0 Å². The lowest BCUT2D eigenvalue weighted by Gasteiger charge is -2.10. The minimum Gasteiger partial charge on any atom is -0.478 e. The molecular formula is C11H15N3O3. The SMILES string of the molecule is Cc1ccc(C(=O)O)c(NCCNC(N)=O)c1. The molecule has 0 aliphatic carbocycles. The van der Waals surface area contributed by atoms with Crippen molar-refractivity contribution in [3.63, 3.8) is 0 Å². The molecule has 6 nitrogen and oxygen atoms in total. The van der Waals surface area contributed by atoms with Crippen molar-refractivity contribution in [2.75, 3.05) is 18.4 Å². The number of carboxylic acid groups (broad SMARTS) is 1. The van der Waals surface area contributed by atoms with E-state index in [0.717, 1.165) is 5.56 Å². The first-order valence-electron chi connectivity index (χ1n) is 5.12. The van der Waals surface area contributed by atoms with E-state index < -0.39 is 12.0 Å². The molecule has 0 aromatic heterocycles. The largest absolute Gasteiger partial charge is 0.478 e. The molecule has 0 aliphatic heterocycles. The number of carboxylic acids is 1. The van der Waals surface area contributed by atoms with Crippen LogP contribution >= 0.6 is 0 Å². The molecule has 6 heteroatoms. The second kappa shape index (κ2) is 5.74. The number of hydrogen-bond donors (Lipinski definition) is 4. The van der Waals surface area contributed by atoms with Crippen LogP contribution in [0.2, 0.25) is 0 Å². The highest BCUT2D eigenvalue weighted by Gasteiger charge is 2.09. The van der Waals surface area contributed by atoms with Crippen LogP contribution in [0, 0.1) is 6.92 Å². The van der Waals surface area contributed by atoms with Crippen LogP contribution in [0.15, 0.2) is 18.2 Å². The first-order valence-corrected chi connectivity index (χ1v) is 5.12. The van der Waals surface area contributed by atoms with E-state index in [1.807, 2.05) is 6.92 Å². The fourth-order valence-corrected chi connectivity index (χ4v) is 1.37. The van der Waals surface area contributed by atoms with Gasteiger partial charge in [0.25, 0.3) is 0 Å². The molecule has 1 aromatic carbocycles. The van der Waals surface area contributed by atoms with Gasteiger partial charge in [-0.05, 0) is 24.6 Å². The maximum Gasteiger partial charge on any atom is 0.337 e. The van der Waals surface area contributed by atoms with E-state index in [1.54, 1.807) is 18.2 Å². The zero-order valence-electron chi connectivity index (χ0n) is 9.49. The van der Waals surface area contributed by atoms with Crippen LogP contribution in [0.1, 0.15) is 15.9 Å². The maximum absolute atomic E-state index is 10.9. The van der Waals surface area contributed by atoms with Crippen LogP contribution in [0.3, 0.4) is 0 Å². The summed E-state index contributed by atoms with van der Waals surface area (Å²) in [7, 11) is 0. The molecule has 0 bridgehead atoms. The van der Waals surface area contributed by atoms with Gasteiger partial charge >= 0.3 is 12.0 Å². The molecule has 0 unspecified atom stereocenters. The number of hydrogen-bond acceptors (Lipinski definition) is 3. The number of rotatable bonds is 5. The Kier molecular flexibility index (Phi) is 4.33. The van der Waals surface area contributed by atoms with E-state index in [1.165, 1.54) is 0 Å². The van der Waals surface area contributed by atoms with Crippen molar-refractivity contribution in [2.45, 2.75) is 6.92 Å². The summed E-state index contributed by atoms with van der Waals surface area (Å²) in [6, 6.07) is 4.42. The molecule has 17 heavy (non-hydrogen) atoms. The van der Waals surface area contributed by atoms with E-state index in [0.29, 0.717) is 18.8 Å². The van der Waals surface area contributed by atoms with Gasteiger partial charge in [0.2, 0.25) is 0 Å². The van der Waals surface area contributed by atoms with Gasteiger partial charge in [-0.1, -0.05) is 6.07 Å². The van der Waals surface area contributed by atoms with Crippen LogP contribution in [0.25, 0.3) is 0 Å². The number of nitrogens with one attached hydrogen (secondary N) is 2. The summed E-state index contributed by atoms with van der Waals surface area (Å²) < 4.78 is 0. The lowest BCUT2D eigenvalue weighted by atomic mass is 10.1. The highest BCUT2D eigenvalue weighted by Crippen LogP contribution is 2.17. The van der Waals surface area contributed by atoms with Gasteiger partial charge in [0.1, 0.15) is 0 Å². The Bertz CT molecular complexity index is 432. The molecule has 0 aliphatic rings. The fraction of sp³-hybridized carbons (Fsp3) is 0.273. The van der Waals surface area contributed by atoms with E-state index >= 15 is 0 Å². The molecule has 1 aromatic rings. The Morgan fingerprint density at radius 1 is 1.35 bits per heavy atom. The number of nitrogens with two attached hydrogens (primary N) is 1. The van der Waals surface area contributed by atoms with Gasteiger partial charge in [-0.25, -0.2) is 9.59 Å². The minimum atomic E-state index is -0.990. The highest BCUT2D eigenvalue weighted by molar-refractivity contribution is 5.94. The molecule has 92 valence electrons. The number of aryl methyl sites for hydroxylation is 1. The van der Waals surface area contributed by atoms with Gasteiger partial charge < -0.3 is 21.5 Å². The van der Waals surface area contributed by atoms with Crippen molar-refractivity contribution in [3.8, 4) is 0 Å². The minimum absolute atomic E-state index is 0.203. The summed E-state index contributed by atoms with van der Waals surface area (Å²) in [5.41, 5.74) is 6.60. The lowest BCUT2D eigenvalue weighted by Crippen LogP contribution is -2.33. The van der Waals surface area contributed by atoms with Crippen molar-refractivity contribution >= 4 is 17.7 Å². The first-order chi connectivity index (χ1) is 8.00. The fourth-order valence-electron chi connectivity index (χ4n) is 1.37. The summed E-state index contributed by atoms with van der Waals surface area (Å²) in [5.74, 6) is -0.990. The quantitative estimate of drug-likeness (QED) is 0.568. The van der Waals surface area contributed by atoms with Crippen LogP contribution in [0.4, 0.5) is 10.5 Å². The summed E-state index contributed by atoms with van der Waals surface area (Å²) in [4.78, 5) is 21.4. The van der Waals surface area contributed by atoms with E-state index in [9.17, 15) is 9.59 Å². The molecule has 0 radical (unpaired) electrons. The van der Waals surface area contributed by atoms with Gasteiger partial charge in [0.05, 0.1) is 5.56 Å². The number of aromatic carboxylic acids is 1. The Hall–Kier alpha value is -2.24. The molecule has 0 saturated carbocycles. The molecule has 0 heterocycles. The number of primary amides is 1. The van der Waals surface area contributed by atoms with Crippen molar-refractivity contribution in [1.29, 1.82) is 0 Å². The molecule has 0 fully saturated rings. The van der Waals surface area contributed by atoms with Crippen LogP contribution in [-0.2, 0) is 0 Å².